The van der Waals surface area contributed by atoms with Gasteiger partial charge in [0.05, 0.1) is 0 Å². The number of hydrogen-bond acceptors (Lipinski definition) is 3. The molecule has 1 aliphatic heterocycles. The lowest BCUT2D eigenvalue weighted by atomic mass is 9.79. The van der Waals surface area contributed by atoms with Crippen LogP contribution in [0.4, 0.5) is 0 Å². The maximum absolute atomic E-state index is 10.3. The first kappa shape index (κ1) is 24.5. The molecule has 0 spiro atoms. The highest BCUT2D eigenvalue weighted by Gasteiger charge is 2.25. The Morgan fingerprint density at radius 2 is 1.68 bits per heavy atom. The molecule has 2 aromatic rings. The first-order chi connectivity index (χ1) is 16.6. The Labute approximate surface area is 205 Å². The summed E-state index contributed by atoms with van der Waals surface area (Å²) in [6.07, 6.45) is 10.9. The van der Waals surface area contributed by atoms with E-state index < -0.39 is 0 Å². The molecule has 0 saturated carbocycles. The Morgan fingerprint density at radius 1 is 0.941 bits per heavy atom. The van der Waals surface area contributed by atoms with Gasteiger partial charge < -0.3 is 15.1 Å². The van der Waals surface area contributed by atoms with Gasteiger partial charge in [0.2, 0.25) is 0 Å². The molecule has 1 fully saturated rings. The third kappa shape index (κ3) is 5.89. The number of rotatable bonds is 8. The van der Waals surface area contributed by atoms with Crippen LogP contribution in [0, 0.1) is 5.92 Å². The van der Waals surface area contributed by atoms with E-state index in [0.29, 0.717) is 12.0 Å². The second kappa shape index (κ2) is 11.7. The lowest BCUT2D eigenvalue weighted by Gasteiger charge is -2.36. The number of benzene rings is 2. The predicted octanol–water partition coefficient (Wildman–Crippen LogP) is 6.84. The summed E-state index contributed by atoms with van der Waals surface area (Å²) in [6, 6.07) is 18.8. The van der Waals surface area contributed by atoms with Gasteiger partial charge in [0.25, 0.3) is 0 Å². The number of nitrogens with zero attached hydrogens (tertiary/aromatic N) is 1. The third-order valence-corrected chi connectivity index (χ3v) is 7.43. The van der Waals surface area contributed by atoms with E-state index in [1.54, 1.807) is 11.6 Å². The summed E-state index contributed by atoms with van der Waals surface area (Å²) >= 11 is 0. The average molecular weight is 458 g/mol. The molecule has 180 valence electrons. The Hall–Kier alpha value is -2.62. The summed E-state index contributed by atoms with van der Waals surface area (Å²) in [5.41, 5.74) is 7.61. The molecule has 2 aliphatic rings. The highest BCUT2D eigenvalue weighted by molar-refractivity contribution is 5.98. The lowest BCUT2D eigenvalue weighted by Crippen LogP contribution is -2.38. The molecule has 3 heteroatoms. The quantitative estimate of drug-likeness (QED) is 0.426. The normalized spacial score (nSPS) is 18.5. The van der Waals surface area contributed by atoms with Gasteiger partial charge in [-0.25, -0.2) is 0 Å². The molecule has 0 bridgehead atoms. The van der Waals surface area contributed by atoms with E-state index in [-0.39, 0.29) is 12.4 Å². The van der Waals surface area contributed by atoms with Gasteiger partial charge in [-0.05, 0) is 111 Å². The van der Waals surface area contributed by atoms with Crippen LogP contribution in [0.1, 0.15) is 63.5 Å². The molecule has 0 atom stereocenters. The fourth-order valence-electron chi connectivity index (χ4n) is 5.51. The van der Waals surface area contributed by atoms with Crippen molar-refractivity contribution in [3.8, 4) is 5.75 Å². The lowest BCUT2D eigenvalue weighted by molar-refractivity contribution is 0.159. The molecule has 34 heavy (non-hydrogen) atoms. The minimum atomic E-state index is 0.168. The summed E-state index contributed by atoms with van der Waals surface area (Å²) < 4.78 is 0. The van der Waals surface area contributed by atoms with Gasteiger partial charge >= 0.3 is 0 Å². The molecule has 0 unspecified atom stereocenters. The maximum atomic E-state index is 10.3. The number of allylic oxidation sites excluding steroid dienone is 6. The van der Waals surface area contributed by atoms with Gasteiger partial charge in [0, 0.05) is 12.6 Å². The average Bonchev–Trinajstić information content (AvgIpc) is 2.87. The molecular weight excluding hydrogens is 418 g/mol. The van der Waals surface area contributed by atoms with Gasteiger partial charge in [-0.1, -0.05) is 60.2 Å². The van der Waals surface area contributed by atoms with Crippen molar-refractivity contribution in [3.63, 3.8) is 0 Å². The topological polar surface area (TPSA) is 43.7 Å². The molecule has 3 nitrogen and oxygen atoms in total. The Balaban J connectivity index is 1.71. The van der Waals surface area contributed by atoms with E-state index in [9.17, 15) is 10.2 Å². The largest absolute Gasteiger partial charge is 0.508 e. The monoisotopic (exact) mass is 457 g/mol. The number of aliphatic hydroxyl groups excluding tert-OH is 1. The van der Waals surface area contributed by atoms with Crippen molar-refractivity contribution in [1.29, 1.82) is 0 Å². The Bertz CT molecular complexity index is 1040. The number of hydrogen-bond donors (Lipinski definition) is 2. The summed E-state index contributed by atoms with van der Waals surface area (Å²) in [5.74, 6) is 0.984. The minimum absolute atomic E-state index is 0.168. The van der Waals surface area contributed by atoms with E-state index in [0.717, 1.165) is 31.2 Å². The number of aliphatic hydroxyl groups is 1. The van der Waals surface area contributed by atoms with Crippen LogP contribution in [-0.2, 0) is 0 Å². The van der Waals surface area contributed by atoms with E-state index in [4.69, 9.17) is 0 Å². The molecule has 2 N–H and O–H groups in total. The molecule has 1 saturated heterocycles. The zero-order valence-corrected chi connectivity index (χ0v) is 20.7. The van der Waals surface area contributed by atoms with Crippen molar-refractivity contribution in [3.05, 3.63) is 89.0 Å². The van der Waals surface area contributed by atoms with Gasteiger partial charge in [0.1, 0.15) is 5.75 Å². The van der Waals surface area contributed by atoms with E-state index >= 15 is 0 Å². The molecule has 4 rings (SSSR count). The highest BCUT2D eigenvalue weighted by atomic mass is 16.3. The van der Waals surface area contributed by atoms with Gasteiger partial charge in [-0.15, -0.1) is 0 Å². The Kier molecular flexibility index (Phi) is 8.42. The zero-order valence-electron chi connectivity index (χ0n) is 20.7. The van der Waals surface area contributed by atoms with E-state index in [1.807, 2.05) is 18.2 Å². The van der Waals surface area contributed by atoms with Crippen LogP contribution in [-0.4, -0.2) is 40.9 Å². The molecule has 2 aromatic carbocycles. The molecule has 0 radical (unpaired) electrons. The van der Waals surface area contributed by atoms with Crippen LogP contribution in [0.3, 0.4) is 0 Å². The van der Waals surface area contributed by atoms with Gasteiger partial charge in [-0.2, -0.15) is 0 Å². The third-order valence-electron chi connectivity index (χ3n) is 7.43. The number of phenolic OH excluding ortho intramolecular Hbond substituents is 1. The van der Waals surface area contributed by atoms with Crippen LogP contribution in [0.5, 0.6) is 5.75 Å². The van der Waals surface area contributed by atoms with Gasteiger partial charge in [0.15, 0.2) is 0 Å². The predicted molar refractivity (Wildman–Crippen MR) is 143 cm³/mol. The van der Waals surface area contributed by atoms with Crippen LogP contribution >= 0.6 is 0 Å². The number of phenols is 1. The first-order valence-electron chi connectivity index (χ1n) is 12.9. The van der Waals surface area contributed by atoms with Crippen LogP contribution < -0.4 is 0 Å². The smallest absolute Gasteiger partial charge is 0.116 e. The maximum Gasteiger partial charge on any atom is 0.116 e. The number of piperidine rings is 1. The summed E-state index contributed by atoms with van der Waals surface area (Å²) in [6.45, 7) is 7.16. The van der Waals surface area contributed by atoms with Crippen molar-refractivity contribution >= 4 is 11.1 Å². The second-order valence-corrected chi connectivity index (χ2v) is 9.93. The molecular formula is C31H39NO2. The van der Waals surface area contributed by atoms with Crippen molar-refractivity contribution < 1.29 is 10.2 Å². The van der Waals surface area contributed by atoms with Crippen molar-refractivity contribution in [2.24, 2.45) is 5.92 Å². The summed E-state index contributed by atoms with van der Waals surface area (Å²) in [4.78, 5) is 2.59. The minimum Gasteiger partial charge on any atom is -0.508 e. The number of likely N-dealkylation sites (tertiary alicyclic amines) is 1. The molecule has 1 heterocycles. The van der Waals surface area contributed by atoms with Gasteiger partial charge in [-0.3, -0.25) is 0 Å². The van der Waals surface area contributed by atoms with E-state index in [1.165, 1.54) is 48.2 Å². The summed E-state index contributed by atoms with van der Waals surface area (Å²) in [5, 5.41) is 19.9. The van der Waals surface area contributed by atoms with Crippen molar-refractivity contribution in [2.75, 3.05) is 19.7 Å². The van der Waals surface area contributed by atoms with Crippen molar-refractivity contribution in [2.45, 2.75) is 58.4 Å². The second-order valence-electron chi connectivity index (χ2n) is 9.93. The van der Waals surface area contributed by atoms with Crippen LogP contribution in [0.2, 0.25) is 0 Å². The molecule has 0 amide bonds. The summed E-state index contributed by atoms with van der Waals surface area (Å²) in [7, 11) is 0. The van der Waals surface area contributed by atoms with E-state index in [2.05, 4.69) is 61.2 Å². The molecule has 0 aromatic heterocycles. The van der Waals surface area contributed by atoms with Crippen LogP contribution in [0.25, 0.3) is 11.1 Å². The fourth-order valence-corrected chi connectivity index (χ4v) is 5.51. The number of aromatic hydroxyl groups is 1. The fraction of sp³-hybridized carbons (Fsp3) is 0.419. The molecule has 1 aliphatic carbocycles. The van der Waals surface area contributed by atoms with Crippen molar-refractivity contribution in [1.82, 2.24) is 4.90 Å². The van der Waals surface area contributed by atoms with Crippen LogP contribution in [0.15, 0.2) is 77.9 Å². The zero-order chi connectivity index (χ0) is 23.9. The standard InChI is InChI=1S/C31H39NO2/c1-23(2)32-19-17-25(18-20-32)24-13-15-27(16-14-24)31(28-10-6-11-29(34)22-28)30(12-7-21-33)26-8-4-3-5-9-26/h3-6,8-11,13,15,22-23,25,33-34H,7,12,14,16-21H2,1-2H3/b31-30+. The Morgan fingerprint density at radius 3 is 2.29 bits per heavy atom. The SMILES string of the molecule is CC(C)N1CCC(C2=CC=C(/C(=C(/CCCO)c3ccccc3)c3cccc(O)c3)CC2)CC1. The highest BCUT2D eigenvalue weighted by Crippen LogP contribution is 2.41. The first-order valence-corrected chi connectivity index (χ1v) is 12.9.